The molecule has 122 valence electrons. The lowest BCUT2D eigenvalue weighted by atomic mass is 10.0. The van der Waals surface area contributed by atoms with E-state index < -0.39 is 0 Å². The van der Waals surface area contributed by atoms with Crippen LogP contribution in [0.3, 0.4) is 0 Å². The summed E-state index contributed by atoms with van der Waals surface area (Å²) in [4.78, 5) is 23.2. The van der Waals surface area contributed by atoms with Crippen molar-refractivity contribution in [1.82, 2.24) is 25.5 Å². The zero-order valence-corrected chi connectivity index (χ0v) is 13.5. The highest BCUT2D eigenvalue weighted by Gasteiger charge is 2.25. The minimum atomic E-state index is -0.0664. The largest absolute Gasteiger partial charge is 0.347 e. The van der Waals surface area contributed by atoms with Crippen LogP contribution in [0.5, 0.6) is 0 Å². The van der Waals surface area contributed by atoms with Crippen molar-refractivity contribution in [2.75, 3.05) is 18.0 Å². The van der Waals surface area contributed by atoms with Gasteiger partial charge in [-0.3, -0.25) is 9.89 Å². The Morgan fingerprint density at radius 2 is 2.17 bits per heavy atom. The van der Waals surface area contributed by atoms with Gasteiger partial charge in [-0.1, -0.05) is 13.8 Å². The number of aromatic amines is 1. The normalized spacial score (nSPS) is 18.2. The third kappa shape index (κ3) is 3.49. The fourth-order valence-corrected chi connectivity index (χ4v) is 2.91. The highest BCUT2D eigenvalue weighted by molar-refractivity contribution is 5.95. The molecule has 0 bridgehead atoms. The van der Waals surface area contributed by atoms with Gasteiger partial charge >= 0.3 is 0 Å². The Bertz CT molecular complexity index is 654. The van der Waals surface area contributed by atoms with Crippen molar-refractivity contribution in [3.05, 3.63) is 35.9 Å². The van der Waals surface area contributed by atoms with Crippen LogP contribution in [-0.2, 0) is 0 Å². The molecule has 2 aromatic heterocycles. The molecule has 1 fully saturated rings. The van der Waals surface area contributed by atoms with Crippen molar-refractivity contribution in [3.8, 4) is 0 Å². The van der Waals surface area contributed by atoms with E-state index in [-0.39, 0.29) is 17.9 Å². The van der Waals surface area contributed by atoms with E-state index >= 15 is 0 Å². The zero-order chi connectivity index (χ0) is 16.2. The first-order chi connectivity index (χ1) is 11.1. The molecule has 1 aliphatic heterocycles. The molecule has 1 saturated heterocycles. The molecule has 3 rings (SSSR count). The van der Waals surface area contributed by atoms with Crippen LogP contribution in [0.4, 0.5) is 5.95 Å². The van der Waals surface area contributed by atoms with Gasteiger partial charge in [-0.05, 0) is 24.8 Å². The summed E-state index contributed by atoms with van der Waals surface area (Å²) < 4.78 is 0. The topological polar surface area (TPSA) is 86.8 Å². The Balaban J connectivity index is 1.66. The Kier molecular flexibility index (Phi) is 4.55. The zero-order valence-electron chi connectivity index (χ0n) is 13.5. The lowest BCUT2D eigenvalue weighted by molar-refractivity contribution is 0.0932. The van der Waals surface area contributed by atoms with Crippen LogP contribution < -0.4 is 10.2 Å². The van der Waals surface area contributed by atoms with Crippen molar-refractivity contribution in [2.45, 2.75) is 38.6 Å². The maximum atomic E-state index is 12.5. The summed E-state index contributed by atoms with van der Waals surface area (Å²) in [6, 6.07) is 1.90. The third-order valence-corrected chi connectivity index (χ3v) is 4.08. The van der Waals surface area contributed by atoms with Gasteiger partial charge in [0.1, 0.15) is 0 Å². The number of carbonyl (C=O) groups is 1. The number of piperidine rings is 1. The Hall–Kier alpha value is -2.44. The molecular formula is C16H22N6O. The SMILES string of the molecule is CC(C)c1[nH]ncc1C(=O)N[C@@H]1CCCN(c2ncccn2)C1. The molecule has 1 atom stereocenters. The van der Waals surface area contributed by atoms with Crippen LogP contribution in [0.15, 0.2) is 24.7 Å². The average Bonchev–Trinajstić information content (AvgIpc) is 3.06. The van der Waals surface area contributed by atoms with E-state index in [0.29, 0.717) is 5.56 Å². The Morgan fingerprint density at radius 3 is 2.91 bits per heavy atom. The Labute approximate surface area is 135 Å². The first kappa shape index (κ1) is 15.5. The number of aromatic nitrogens is 4. The van der Waals surface area contributed by atoms with Gasteiger partial charge in [-0.2, -0.15) is 5.10 Å². The molecule has 23 heavy (non-hydrogen) atoms. The van der Waals surface area contributed by atoms with Crippen LogP contribution in [0.2, 0.25) is 0 Å². The number of anilines is 1. The quantitative estimate of drug-likeness (QED) is 0.897. The van der Waals surface area contributed by atoms with Crippen molar-refractivity contribution >= 4 is 11.9 Å². The van der Waals surface area contributed by atoms with Gasteiger partial charge in [0, 0.05) is 31.5 Å². The highest BCUT2D eigenvalue weighted by Crippen LogP contribution is 2.18. The maximum absolute atomic E-state index is 12.5. The van der Waals surface area contributed by atoms with Crippen LogP contribution in [0, 0.1) is 0 Å². The van der Waals surface area contributed by atoms with Gasteiger partial charge in [-0.25, -0.2) is 9.97 Å². The molecule has 7 nitrogen and oxygen atoms in total. The molecule has 1 amide bonds. The third-order valence-electron chi connectivity index (χ3n) is 4.08. The van der Waals surface area contributed by atoms with E-state index in [2.05, 4.69) is 30.4 Å². The second-order valence-electron chi connectivity index (χ2n) is 6.16. The van der Waals surface area contributed by atoms with Crippen LogP contribution in [-0.4, -0.2) is 45.2 Å². The lowest BCUT2D eigenvalue weighted by Gasteiger charge is -2.33. The lowest BCUT2D eigenvalue weighted by Crippen LogP contribution is -2.48. The van der Waals surface area contributed by atoms with Crippen molar-refractivity contribution in [2.24, 2.45) is 0 Å². The van der Waals surface area contributed by atoms with E-state index in [1.54, 1.807) is 24.7 Å². The van der Waals surface area contributed by atoms with Gasteiger partial charge in [0.05, 0.1) is 17.5 Å². The number of nitrogens with one attached hydrogen (secondary N) is 2. The van der Waals surface area contributed by atoms with Gasteiger partial charge in [0.15, 0.2) is 0 Å². The molecule has 0 aromatic carbocycles. The van der Waals surface area contributed by atoms with Gasteiger partial charge in [-0.15, -0.1) is 0 Å². The number of rotatable bonds is 4. The molecule has 2 N–H and O–H groups in total. The van der Waals surface area contributed by atoms with Crippen LogP contribution in [0.1, 0.15) is 48.7 Å². The summed E-state index contributed by atoms with van der Waals surface area (Å²) in [6.45, 7) is 5.72. The summed E-state index contributed by atoms with van der Waals surface area (Å²) in [7, 11) is 0. The summed E-state index contributed by atoms with van der Waals surface area (Å²) in [5.41, 5.74) is 1.51. The van der Waals surface area contributed by atoms with Gasteiger partial charge in [0.2, 0.25) is 5.95 Å². The number of nitrogens with zero attached hydrogens (tertiary/aromatic N) is 4. The first-order valence-electron chi connectivity index (χ1n) is 8.01. The highest BCUT2D eigenvalue weighted by atomic mass is 16.1. The number of hydrogen-bond acceptors (Lipinski definition) is 5. The summed E-state index contributed by atoms with van der Waals surface area (Å²) in [5, 5.41) is 10.0. The fourth-order valence-electron chi connectivity index (χ4n) is 2.91. The van der Waals surface area contributed by atoms with E-state index in [0.717, 1.165) is 37.6 Å². The Morgan fingerprint density at radius 1 is 1.39 bits per heavy atom. The molecule has 3 heterocycles. The van der Waals surface area contributed by atoms with E-state index in [4.69, 9.17) is 0 Å². The second kappa shape index (κ2) is 6.76. The molecule has 7 heteroatoms. The molecule has 2 aromatic rings. The molecule has 1 aliphatic rings. The second-order valence-corrected chi connectivity index (χ2v) is 6.16. The van der Waals surface area contributed by atoms with Gasteiger partial charge < -0.3 is 10.2 Å². The number of hydrogen-bond donors (Lipinski definition) is 2. The number of carbonyl (C=O) groups excluding carboxylic acids is 1. The molecule has 0 unspecified atom stereocenters. The van der Waals surface area contributed by atoms with Crippen molar-refractivity contribution < 1.29 is 4.79 Å². The average molecular weight is 314 g/mol. The van der Waals surface area contributed by atoms with Gasteiger partial charge in [0.25, 0.3) is 5.91 Å². The molecule has 0 saturated carbocycles. The minimum Gasteiger partial charge on any atom is -0.347 e. The molecular weight excluding hydrogens is 292 g/mol. The molecule has 0 spiro atoms. The monoisotopic (exact) mass is 314 g/mol. The molecule has 0 radical (unpaired) electrons. The van der Waals surface area contributed by atoms with Crippen LogP contribution >= 0.6 is 0 Å². The van der Waals surface area contributed by atoms with Crippen LogP contribution in [0.25, 0.3) is 0 Å². The molecule has 0 aliphatic carbocycles. The fraction of sp³-hybridized carbons (Fsp3) is 0.500. The number of H-pyrrole nitrogens is 1. The predicted molar refractivity (Wildman–Crippen MR) is 87.4 cm³/mol. The first-order valence-corrected chi connectivity index (χ1v) is 8.01. The minimum absolute atomic E-state index is 0.0664. The van der Waals surface area contributed by atoms with E-state index in [1.165, 1.54) is 0 Å². The van der Waals surface area contributed by atoms with Crippen molar-refractivity contribution in [3.63, 3.8) is 0 Å². The number of amides is 1. The van der Waals surface area contributed by atoms with Crippen molar-refractivity contribution in [1.29, 1.82) is 0 Å². The summed E-state index contributed by atoms with van der Waals surface area (Å²) in [5.74, 6) is 0.889. The van der Waals surface area contributed by atoms with E-state index in [1.807, 2.05) is 13.8 Å². The standard InChI is InChI=1S/C16H22N6O/c1-11(2)14-13(9-19-21-14)15(23)20-12-5-3-8-22(10-12)16-17-6-4-7-18-16/h4,6-7,9,11-12H,3,5,8,10H2,1-2H3,(H,19,21)(H,20,23)/t12-/m1/s1. The van der Waals surface area contributed by atoms with E-state index in [9.17, 15) is 4.79 Å². The summed E-state index contributed by atoms with van der Waals surface area (Å²) in [6.07, 6.45) is 7.05. The summed E-state index contributed by atoms with van der Waals surface area (Å²) >= 11 is 0. The maximum Gasteiger partial charge on any atom is 0.255 e. The predicted octanol–water partition coefficient (Wildman–Crippen LogP) is 1.72. The smallest absolute Gasteiger partial charge is 0.255 e.